The van der Waals surface area contributed by atoms with E-state index in [0.717, 1.165) is 42.7 Å². The predicted octanol–water partition coefficient (Wildman–Crippen LogP) is 2.95. The number of piperidine rings is 1. The number of carbonyl (C=O) groups excluding carboxylic acids is 2. The highest BCUT2D eigenvalue weighted by Crippen LogP contribution is 2.18. The Morgan fingerprint density at radius 3 is 2.31 bits per heavy atom. The third-order valence-electron chi connectivity index (χ3n) is 5.23. The number of hydrogen-bond donors (Lipinski definition) is 3. The number of rotatable bonds is 5. The number of nitrogens with one attached hydrogen (secondary N) is 2. The van der Waals surface area contributed by atoms with Crippen molar-refractivity contribution in [3.05, 3.63) is 54.4 Å². The number of carboxylic acid groups (broad SMARTS) is 1. The Balaban J connectivity index is 0.000000913. The molecular formula is C23H27N5O4. The standard InChI is InChI=1S/C22H25N5O2.CH2O2/c1-26-15-23-19-13-16(5-10-20(19)26)22(29)25-18-8-6-17(7-9-18)24-21(28)14-27-11-3-2-4-12-27;2-1-3/h5-10,13,15H,2-4,11-12,14H2,1H3,(H,24,28)(H,25,29);1H,(H,2,3). The van der Waals surface area contributed by atoms with Crippen molar-refractivity contribution in [2.24, 2.45) is 7.05 Å². The molecule has 0 unspecified atom stereocenters. The molecule has 2 amide bonds. The average Bonchev–Trinajstić information content (AvgIpc) is 3.16. The van der Waals surface area contributed by atoms with Gasteiger partial charge in [0.15, 0.2) is 0 Å². The predicted molar refractivity (Wildman–Crippen MR) is 123 cm³/mol. The summed E-state index contributed by atoms with van der Waals surface area (Å²) in [5.74, 6) is -0.202. The Morgan fingerprint density at radius 1 is 1.03 bits per heavy atom. The number of aryl methyl sites for hydroxylation is 1. The first kappa shape index (κ1) is 23.0. The number of fused-ring (bicyclic) bond motifs is 1. The summed E-state index contributed by atoms with van der Waals surface area (Å²) in [5.41, 5.74) is 3.71. The van der Waals surface area contributed by atoms with E-state index in [9.17, 15) is 9.59 Å². The molecule has 0 atom stereocenters. The van der Waals surface area contributed by atoms with Crippen LogP contribution < -0.4 is 10.6 Å². The largest absolute Gasteiger partial charge is 0.483 e. The Morgan fingerprint density at radius 2 is 1.66 bits per heavy atom. The summed E-state index contributed by atoms with van der Waals surface area (Å²) in [7, 11) is 1.92. The fourth-order valence-corrected chi connectivity index (χ4v) is 3.64. The van der Waals surface area contributed by atoms with Crippen LogP contribution in [-0.4, -0.2) is 57.5 Å². The molecule has 3 aromatic rings. The summed E-state index contributed by atoms with van der Waals surface area (Å²) < 4.78 is 1.91. The van der Waals surface area contributed by atoms with E-state index in [2.05, 4.69) is 20.5 Å². The van der Waals surface area contributed by atoms with Gasteiger partial charge in [-0.3, -0.25) is 19.3 Å². The van der Waals surface area contributed by atoms with Gasteiger partial charge in [-0.15, -0.1) is 0 Å². The molecule has 1 aliphatic heterocycles. The first-order chi connectivity index (χ1) is 15.5. The van der Waals surface area contributed by atoms with Crippen molar-refractivity contribution in [2.75, 3.05) is 30.3 Å². The fourth-order valence-electron chi connectivity index (χ4n) is 3.64. The van der Waals surface area contributed by atoms with Gasteiger partial charge in [0.1, 0.15) is 0 Å². The molecule has 9 heteroatoms. The van der Waals surface area contributed by atoms with Gasteiger partial charge in [0, 0.05) is 24.0 Å². The van der Waals surface area contributed by atoms with Gasteiger partial charge in [0.2, 0.25) is 5.91 Å². The molecule has 1 aromatic heterocycles. The second-order valence-corrected chi connectivity index (χ2v) is 7.58. The van der Waals surface area contributed by atoms with Crippen LogP contribution >= 0.6 is 0 Å². The van der Waals surface area contributed by atoms with Crippen molar-refractivity contribution >= 4 is 40.7 Å². The minimum atomic E-state index is -0.250. The molecule has 4 rings (SSSR count). The summed E-state index contributed by atoms with van der Waals surface area (Å²) in [5, 5.41) is 12.7. The number of nitrogens with zero attached hydrogens (tertiary/aromatic N) is 3. The molecule has 1 saturated heterocycles. The Kier molecular flexibility index (Phi) is 7.93. The Bertz CT molecular complexity index is 1070. The summed E-state index contributed by atoms with van der Waals surface area (Å²) in [6.07, 6.45) is 5.30. The van der Waals surface area contributed by atoms with Crippen molar-refractivity contribution in [2.45, 2.75) is 19.3 Å². The lowest BCUT2D eigenvalue weighted by molar-refractivity contribution is -0.123. The molecule has 0 radical (unpaired) electrons. The van der Waals surface area contributed by atoms with Crippen LogP contribution in [0.4, 0.5) is 11.4 Å². The van der Waals surface area contributed by atoms with Crippen LogP contribution in [0.1, 0.15) is 29.6 Å². The molecule has 168 valence electrons. The van der Waals surface area contributed by atoms with Crippen LogP contribution in [0.5, 0.6) is 0 Å². The second-order valence-electron chi connectivity index (χ2n) is 7.58. The highest BCUT2D eigenvalue weighted by molar-refractivity contribution is 6.06. The number of carbonyl (C=O) groups is 3. The van der Waals surface area contributed by atoms with Gasteiger partial charge in [0.05, 0.1) is 23.9 Å². The number of hydrogen-bond acceptors (Lipinski definition) is 5. The summed E-state index contributed by atoms with van der Waals surface area (Å²) in [6.45, 7) is 2.15. The van der Waals surface area contributed by atoms with E-state index in [0.29, 0.717) is 17.8 Å². The number of benzene rings is 2. The molecule has 2 heterocycles. The molecule has 0 saturated carbocycles. The van der Waals surface area contributed by atoms with Crippen LogP contribution in [0.2, 0.25) is 0 Å². The zero-order valence-corrected chi connectivity index (χ0v) is 18.0. The van der Waals surface area contributed by atoms with Crippen LogP contribution in [0.3, 0.4) is 0 Å². The quantitative estimate of drug-likeness (QED) is 0.529. The average molecular weight is 438 g/mol. The molecule has 9 nitrogen and oxygen atoms in total. The van der Waals surface area contributed by atoms with Crippen molar-refractivity contribution in [3.63, 3.8) is 0 Å². The molecule has 0 bridgehead atoms. The van der Waals surface area contributed by atoms with Gasteiger partial charge in [-0.05, 0) is 68.4 Å². The van der Waals surface area contributed by atoms with Crippen molar-refractivity contribution in [1.82, 2.24) is 14.5 Å². The number of aromatic nitrogens is 2. The van der Waals surface area contributed by atoms with Crippen LogP contribution in [0.15, 0.2) is 48.8 Å². The van der Waals surface area contributed by atoms with Crippen LogP contribution in [0.25, 0.3) is 11.0 Å². The van der Waals surface area contributed by atoms with E-state index in [-0.39, 0.29) is 18.3 Å². The maximum atomic E-state index is 12.5. The van der Waals surface area contributed by atoms with Gasteiger partial charge < -0.3 is 20.3 Å². The summed E-state index contributed by atoms with van der Waals surface area (Å²) >= 11 is 0. The summed E-state index contributed by atoms with van der Waals surface area (Å²) in [6, 6.07) is 12.6. The van der Waals surface area contributed by atoms with Gasteiger partial charge in [0.25, 0.3) is 12.4 Å². The maximum absolute atomic E-state index is 12.5. The Hall–Kier alpha value is -3.72. The van der Waals surface area contributed by atoms with E-state index in [4.69, 9.17) is 9.90 Å². The van der Waals surface area contributed by atoms with Gasteiger partial charge in [-0.25, -0.2) is 4.98 Å². The SMILES string of the molecule is Cn1cnc2cc(C(=O)Nc3ccc(NC(=O)CN4CCCCC4)cc3)ccc21.O=CO. The van der Waals surface area contributed by atoms with Crippen LogP contribution in [-0.2, 0) is 16.6 Å². The van der Waals surface area contributed by atoms with Crippen molar-refractivity contribution < 1.29 is 19.5 Å². The number of anilines is 2. The first-order valence-electron chi connectivity index (χ1n) is 10.4. The summed E-state index contributed by atoms with van der Waals surface area (Å²) in [4.78, 5) is 39.6. The molecule has 1 fully saturated rings. The molecular weight excluding hydrogens is 410 g/mol. The first-order valence-corrected chi connectivity index (χ1v) is 10.4. The lowest BCUT2D eigenvalue weighted by Gasteiger charge is -2.25. The zero-order chi connectivity index (χ0) is 22.9. The lowest BCUT2D eigenvalue weighted by atomic mass is 10.1. The number of imidazole rings is 1. The molecule has 32 heavy (non-hydrogen) atoms. The van der Waals surface area contributed by atoms with E-state index in [1.54, 1.807) is 42.7 Å². The second kappa shape index (κ2) is 11.1. The molecule has 0 aliphatic carbocycles. The highest BCUT2D eigenvalue weighted by atomic mass is 16.3. The monoisotopic (exact) mass is 437 g/mol. The minimum absolute atomic E-state index is 0.00708. The maximum Gasteiger partial charge on any atom is 0.290 e. The molecule has 0 spiro atoms. The van der Waals surface area contributed by atoms with E-state index < -0.39 is 0 Å². The van der Waals surface area contributed by atoms with Crippen molar-refractivity contribution in [1.29, 1.82) is 0 Å². The fraction of sp³-hybridized carbons (Fsp3) is 0.304. The lowest BCUT2D eigenvalue weighted by Crippen LogP contribution is -2.36. The molecule has 3 N–H and O–H groups in total. The third-order valence-corrected chi connectivity index (χ3v) is 5.23. The zero-order valence-electron chi connectivity index (χ0n) is 18.0. The third kappa shape index (κ3) is 6.14. The number of likely N-dealkylation sites (tertiary alicyclic amines) is 1. The van der Waals surface area contributed by atoms with Gasteiger partial charge in [-0.2, -0.15) is 0 Å². The Labute approximate surface area is 186 Å². The highest BCUT2D eigenvalue weighted by Gasteiger charge is 2.14. The normalized spacial score (nSPS) is 13.7. The van der Waals surface area contributed by atoms with Crippen LogP contribution in [0, 0.1) is 0 Å². The number of amides is 2. The minimum Gasteiger partial charge on any atom is -0.483 e. The van der Waals surface area contributed by atoms with Gasteiger partial charge >= 0.3 is 0 Å². The molecule has 2 aromatic carbocycles. The van der Waals surface area contributed by atoms with E-state index in [1.807, 2.05) is 17.7 Å². The van der Waals surface area contributed by atoms with E-state index in [1.165, 1.54) is 6.42 Å². The van der Waals surface area contributed by atoms with Gasteiger partial charge in [-0.1, -0.05) is 6.42 Å². The van der Waals surface area contributed by atoms with E-state index >= 15 is 0 Å². The molecule has 1 aliphatic rings. The van der Waals surface area contributed by atoms with Crippen molar-refractivity contribution in [3.8, 4) is 0 Å². The smallest absolute Gasteiger partial charge is 0.290 e. The topological polar surface area (TPSA) is 117 Å².